The van der Waals surface area contributed by atoms with Crippen LogP contribution in [-0.4, -0.2) is 35.5 Å². The van der Waals surface area contributed by atoms with E-state index in [1.165, 1.54) is 25.9 Å². The molecule has 1 aromatic carbocycles. The van der Waals surface area contributed by atoms with Gasteiger partial charge in [0.25, 0.3) is 5.91 Å². The van der Waals surface area contributed by atoms with Crippen LogP contribution in [0.25, 0.3) is 10.1 Å². The predicted molar refractivity (Wildman–Crippen MR) is 99.2 cm³/mol. The van der Waals surface area contributed by atoms with Crippen molar-refractivity contribution in [1.29, 1.82) is 0 Å². The molecule has 2 bridgehead atoms. The number of rotatable bonds is 2. The second-order valence-corrected chi connectivity index (χ2v) is 9.22. The molecule has 4 heterocycles. The number of thiophene rings is 1. The summed E-state index contributed by atoms with van der Waals surface area (Å²) in [6.07, 6.45) is 2.40. The minimum atomic E-state index is 0.0521. The summed E-state index contributed by atoms with van der Waals surface area (Å²) in [5, 5.41) is 4.49. The van der Waals surface area contributed by atoms with Crippen molar-refractivity contribution in [1.82, 2.24) is 10.2 Å². The fourth-order valence-electron chi connectivity index (χ4n) is 4.21. The number of hydrogen-bond acceptors (Lipinski definition) is 3. The lowest BCUT2D eigenvalue weighted by Gasteiger charge is -2.56. The van der Waals surface area contributed by atoms with Gasteiger partial charge in [-0.2, -0.15) is 0 Å². The largest absolute Gasteiger partial charge is 0.346 e. The molecule has 122 valence electrons. The summed E-state index contributed by atoms with van der Waals surface area (Å²) in [4.78, 5) is 16.1. The van der Waals surface area contributed by atoms with Gasteiger partial charge in [0.05, 0.1) is 4.88 Å². The highest BCUT2D eigenvalue weighted by molar-refractivity contribution is 9.10. The van der Waals surface area contributed by atoms with E-state index in [0.29, 0.717) is 5.92 Å². The number of amides is 1. The lowest BCUT2D eigenvalue weighted by atomic mass is 9.72. The van der Waals surface area contributed by atoms with Crippen LogP contribution in [0.3, 0.4) is 0 Å². The molecule has 0 spiro atoms. The first-order chi connectivity index (χ1) is 10.9. The third-order valence-corrected chi connectivity index (χ3v) is 7.17. The smallest absolute Gasteiger partial charge is 0.261 e. The average molecular weight is 393 g/mol. The highest BCUT2D eigenvalue weighted by atomic mass is 79.9. The number of carbonyl (C=O) groups is 1. The Morgan fingerprint density at radius 1 is 1.30 bits per heavy atom. The molecule has 3 fully saturated rings. The molecule has 5 heteroatoms. The molecule has 0 saturated carbocycles. The van der Waals surface area contributed by atoms with Crippen molar-refractivity contribution in [2.24, 2.45) is 5.92 Å². The first kappa shape index (κ1) is 15.6. The molecule has 3 aliphatic heterocycles. The zero-order valence-corrected chi connectivity index (χ0v) is 15.8. The lowest BCUT2D eigenvalue weighted by Crippen LogP contribution is -2.69. The lowest BCUT2D eigenvalue weighted by molar-refractivity contribution is -0.0377. The van der Waals surface area contributed by atoms with E-state index in [0.717, 1.165) is 19.4 Å². The standard InChI is InChI=1S/C18H21BrN2OS/c1-18(2)16(11-5-7-21(18)8-6-11)20-17(22)15-9-12-3-4-13(19)10-14(12)23-15/h3-4,9-11,16H,5-8H2,1-2H3,(H,20,22)/t16-/m0/s1. The van der Waals surface area contributed by atoms with Gasteiger partial charge in [-0.3, -0.25) is 9.69 Å². The van der Waals surface area contributed by atoms with Crippen LogP contribution in [0.2, 0.25) is 0 Å². The van der Waals surface area contributed by atoms with Crippen LogP contribution in [0, 0.1) is 5.92 Å². The topological polar surface area (TPSA) is 32.3 Å². The van der Waals surface area contributed by atoms with Crippen molar-refractivity contribution in [3.8, 4) is 0 Å². The molecule has 0 aliphatic carbocycles. The molecule has 1 aromatic heterocycles. The Morgan fingerprint density at radius 3 is 2.74 bits per heavy atom. The van der Waals surface area contributed by atoms with Crippen LogP contribution in [-0.2, 0) is 0 Å². The minimum absolute atomic E-state index is 0.0521. The first-order valence-corrected chi connectivity index (χ1v) is 9.81. The number of carbonyl (C=O) groups excluding carboxylic acids is 1. The summed E-state index contributed by atoms with van der Waals surface area (Å²) in [6, 6.07) is 8.41. The Bertz CT molecular complexity index is 761. The van der Waals surface area contributed by atoms with E-state index in [9.17, 15) is 4.79 Å². The zero-order chi connectivity index (χ0) is 16.2. The van der Waals surface area contributed by atoms with E-state index in [4.69, 9.17) is 0 Å². The fourth-order valence-corrected chi connectivity index (χ4v) is 5.72. The van der Waals surface area contributed by atoms with E-state index in [1.54, 1.807) is 11.3 Å². The summed E-state index contributed by atoms with van der Waals surface area (Å²) >= 11 is 5.07. The number of benzene rings is 1. The highest BCUT2D eigenvalue weighted by Crippen LogP contribution is 2.39. The van der Waals surface area contributed by atoms with Gasteiger partial charge in [0.1, 0.15) is 0 Å². The molecule has 23 heavy (non-hydrogen) atoms. The van der Waals surface area contributed by atoms with E-state index < -0.39 is 0 Å². The van der Waals surface area contributed by atoms with Gasteiger partial charge in [0.15, 0.2) is 0 Å². The van der Waals surface area contributed by atoms with E-state index in [-0.39, 0.29) is 17.5 Å². The van der Waals surface area contributed by atoms with Crippen molar-refractivity contribution < 1.29 is 4.79 Å². The maximum atomic E-state index is 12.8. The SMILES string of the molecule is CC1(C)[C@@H](NC(=O)c2cc3ccc(Br)cc3s2)C2CCN1CC2. The van der Waals surface area contributed by atoms with Crippen LogP contribution >= 0.6 is 27.3 Å². The maximum absolute atomic E-state index is 12.8. The maximum Gasteiger partial charge on any atom is 0.261 e. The Labute approximate surface area is 149 Å². The molecule has 3 aliphatic rings. The number of halogens is 1. The molecule has 1 atom stereocenters. The quantitative estimate of drug-likeness (QED) is 0.827. The number of piperidine rings is 3. The van der Waals surface area contributed by atoms with Crippen LogP contribution in [0.1, 0.15) is 36.4 Å². The fraction of sp³-hybridized carbons (Fsp3) is 0.500. The molecule has 0 radical (unpaired) electrons. The first-order valence-electron chi connectivity index (χ1n) is 8.20. The highest BCUT2D eigenvalue weighted by Gasteiger charge is 2.48. The second-order valence-electron chi connectivity index (χ2n) is 7.22. The third kappa shape index (κ3) is 2.63. The van der Waals surface area contributed by atoms with E-state index in [1.807, 2.05) is 12.1 Å². The Balaban J connectivity index is 1.59. The Morgan fingerprint density at radius 2 is 2.04 bits per heavy atom. The van der Waals surface area contributed by atoms with Gasteiger partial charge < -0.3 is 5.32 Å². The van der Waals surface area contributed by atoms with Crippen LogP contribution < -0.4 is 5.32 Å². The number of fused-ring (bicyclic) bond motifs is 4. The van der Waals surface area contributed by atoms with Crippen molar-refractivity contribution in [2.45, 2.75) is 38.3 Å². The minimum Gasteiger partial charge on any atom is -0.346 e. The summed E-state index contributed by atoms with van der Waals surface area (Å²) in [7, 11) is 0. The average Bonchev–Trinajstić information content (AvgIpc) is 2.94. The molecule has 5 rings (SSSR count). The van der Waals surface area contributed by atoms with Gasteiger partial charge in [-0.1, -0.05) is 22.0 Å². The molecule has 3 nitrogen and oxygen atoms in total. The second kappa shape index (κ2) is 5.57. The van der Waals surface area contributed by atoms with Gasteiger partial charge in [-0.25, -0.2) is 0 Å². The molecule has 0 unspecified atom stereocenters. The van der Waals surface area contributed by atoms with Crippen molar-refractivity contribution in [3.05, 3.63) is 33.6 Å². The molecule has 2 aromatic rings. The summed E-state index contributed by atoms with van der Waals surface area (Å²) in [6.45, 7) is 6.87. The third-order valence-electron chi connectivity index (χ3n) is 5.58. The normalized spacial score (nSPS) is 28.9. The van der Waals surface area contributed by atoms with Gasteiger partial charge in [-0.05, 0) is 69.3 Å². The summed E-state index contributed by atoms with van der Waals surface area (Å²) < 4.78 is 2.20. The number of nitrogens with one attached hydrogen (secondary N) is 1. The van der Waals surface area contributed by atoms with Gasteiger partial charge in [0, 0.05) is 20.8 Å². The molecule has 3 saturated heterocycles. The Hall–Kier alpha value is -0.910. The van der Waals surface area contributed by atoms with Crippen molar-refractivity contribution >= 4 is 43.3 Å². The van der Waals surface area contributed by atoms with E-state index in [2.05, 4.69) is 52.1 Å². The predicted octanol–water partition coefficient (Wildman–Crippen LogP) is 4.27. The van der Waals surface area contributed by atoms with Gasteiger partial charge in [-0.15, -0.1) is 11.3 Å². The Kier molecular flexibility index (Phi) is 3.78. The van der Waals surface area contributed by atoms with Crippen molar-refractivity contribution in [3.63, 3.8) is 0 Å². The molecule has 1 amide bonds. The zero-order valence-electron chi connectivity index (χ0n) is 13.4. The van der Waals surface area contributed by atoms with Crippen LogP contribution in [0.4, 0.5) is 0 Å². The molecular weight excluding hydrogens is 372 g/mol. The van der Waals surface area contributed by atoms with Crippen molar-refractivity contribution in [2.75, 3.05) is 13.1 Å². The number of nitrogens with zero attached hydrogens (tertiary/aromatic N) is 1. The summed E-state index contributed by atoms with van der Waals surface area (Å²) in [5.74, 6) is 0.691. The summed E-state index contributed by atoms with van der Waals surface area (Å²) in [5.41, 5.74) is 0.0521. The number of hydrogen-bond donors (Lipinski definition) is 1. The monoisotopic (exact) mass is 392 g/mol. The van der Waals surface area contributed by atoms with Crippen LogP contribution in [0.15, 0.2) is 28.7 Å². The molecular formula is C18H21BrN2OS. The van der Waals surface area contributed by atoms with E-state index >= 15 is 0 Å². The van der Waals surface area contributed by atoms with Crippen LogP contribution in [0.5, 0.6) is 0 Å². The molecule has 1 N–H and O–H groups in total. The van der Waals surface area contributed by atoms with Gasteiger partial charge in [0.2, 0.25) is 0 Å². The van der Waals surface area contributed by atoms with Gasteiger partial charge >= 0.3 is 0 Å².